The smallest absolute Gasteiger partial charge is 0.271 e. The molecule has 2 atom stereocenters. The summed E-state index contributed by atoms with van der Waals surface area (Å²) in [6.45, 7) is 9.01. The van der Waals surface area contributed by atoms with E-state index in [4.69, 9.17) is 23.4 Å². The Balaban J connectivity index is 1.66. The Morgan fingerprint density at radius 3 is 2.66 bits per heavy atom. The maximum Gasteiger partial charge on any atom is 0.271 e. The number of likely N-dealkylation sites (N-methyl/N-ethyl adjacent to an activating group) is 1. The first kappa shape index (κ1) is 24.9. The summed E-state index contributed by atoms with van der Waals surface area (Å²) in [7, 11) is -0.896. The van der Waals surface area contributed by atoms with E-state index in [1.165, 1.54) is 17.7 Å². The van der Waals surface area contributed by atoms with Crippen molar-refractivity contribution in [3.8, 4) is 0 Å². The molecule has 1 fully saturated rings. The predicted octanol–water partition coefficient (Wildman–Crippen LogP) is 5.73. The SMILES string of the molecule is C[C@@H]1N(C)c2cc3c(cc2C1(C)C)[P@](=Nc1cccc([N+](=O)[O-])c1)(N1CCOCC1)OC(c1ccco1)=N3. The maximum absolute atomic E-state index is 11.6. The molecule has 0 saturated carbocycles. The van der Waals surface area contributed by atoms with E-state index in [-0.39, 0.29) is 17.1 Å². The van der Waals surface area contributed by atoms with Crippen LogP contribution >= 0.6 is 7.43 Å². The van der Waals surface area contributed by atoms with Crippen molar-refractivity contribution in [3.05, 3.63) is 76.2 Å². The summed E-state index contributed by atoms with van der Waals surface area (Å²) >= 11 is 0. The zero-order valence-electron chi connectivity index (χ0n) is 21.8. The minimum absolute atomic E-state index is 0.0194. The normalized spacial score (nSPS) is 24.3. The van der Waals surface area contributed by atoms with Gasteiger partial charge in [-0.25, -0.2) is 14.4 Å². The molecule has 11 heteroatoms. The number of hydrogen-bond acceptors (Lipinski definition) is 8. The fourth-order valence-electron chi connectivity index (χ4n) is 5.41. The topological polar surface area (TPSA) is 106 Å². The van der Waals surface area contributed by atoms with Gasteiger partial charge in [0.05, 0.1) is 41.1 Å². The Kier molecular flexibility index (Phi) is 5.94. The zero-order valence-corrected chi connectivity index (χ0v) is 22.7. The van der Waals surface area contributed by atoms with Crippen LogP contribution in [0.5, 0.6) is 0 Å². The van der Waals surface area contributed by atoms with Gasteiger partial charge in [-0.15, -0.1) is 0 Å². The molecule has 6 rings (SSSR count). The summed E-state index contributed by atoms with van der Waals surface area (Å²) in [4.78, 5) is 18.4. The lowest BCUT2D eigenvalue weighted by molar-refractivity contribution is -0.384. The average Bonchev–Trinajstić information content (AvgIpc) is 3.52. The van der Waals surface area contributed by atoms with Gasteiger partial charge in [0, 0.05) is 49.4 Å². The lowest BCUT2D eigenvalue weighted by Crippen LogP contribution is -2.39. The number of benzene rings is 2. The van der Waals surface area contributed by atoms with E-state index in [2.05, 4.69) is 49.5 Å². The molecule has 3 aliphatic heterocycles. The molecule has 3 aliphatic rings. The molecule has 1 saturated heterocycles. The lowest BCUT2D eigenvalue weighted by atomic mass is 9.81. The van der Waals surface area contributed by atoms with Crippen molar-refractivity contribution in [1.82, 2.24) is 4.67 Å². The number of nitro benzene ring substituents is 1. The van der Waals surface area contributed by atoms with Crippen molar-refractivity contribution in [2.45, 2.75) is 32.2 Å². The van der Waals surface area contributed by atoms with Crippen LogP contribution in [-0.2, 0) is 14.7 Å². The molecule has 0 bridgehead atoms. The molecular formula is C27H30N5O5P. The van der Waals surface area contributed by atoms with Crippen LogP contribution in [0.25, 0.3) is 0 Å². The summed E-state index contributed by atoms with van der Waals surface area (Å²) in [5, 5.41) is 12.5. The van der Waals surface area contributed by atoms with Gasteiger partial charge in [0.25, 0.3) is 11.6 Å². The average molecular weight is 536 g/mol. The quantitative estimate of drug-likeness (QED) is 0.239. The molecule has 0 aliphatic carbocycles. The van der Waals surface area contributed by atoms with Crippen LogP contribution in [0, 0.1) is 10.1 Å². The Morgan fingerprint density at radius 2 is 1.95 bits per heavy atom. The van der Waals surface area contributed by atoms with Crippen molar-refractivity contribution in [3.63, 3.8) is 0 Å². The number of aliphatic imine (C=N–C) groups is 1. The molecule has 0 unspecified atom stereocenters. The molecule has 3 aromatic rings. The van der Waals surface area contributed by atoms with Gasteiger partial charge in [0.2, 0.25) is 7.43 Å². The summed E-state index contributed by atoms with van der Waals surface area (Å²) in [5.41, 5.74) is 3.45. The van der Waals surface area contributed by atoms with Crippen molar-refractivity contribution in [2.75, 3.05) is 38.3 Å². The van der Waals surface area contributed by atoms with E-state index >= 15 is 0 Å². The predicted molar refractivity (Wildman–Crippen MR) is 147 cm³/mol. The fraction of sp³-hybridized carbons (Fsp3) is 0.370. The van der Waals surface area contributed by atoms with Crippen LogP contribution in [-0.4, -0.2) is 54.9 Å². The number of ether oxygens (including phenoxy) is 1. The van der Waals surface area contributed by atoms with Gasteiger partial charge in [-0.2, -0.15) is 0 Å². The number of furan rings is 1. The van der Waals surface area contributed by atoms with Gasteiger partial charge in [0.1, 0.15) is 0 Å². The molecule has 38 heavy (non-hydrogen) atoms. The minimum Gasteiger partial charge on any atom is -0.459 e. The van der Waals surface area contributed by atoms with Crippen LogP contribution in [0.15, 0.2) is 68.9 Å². The number of fused-ring (bicyclic) bond motifs is 2. The first-order valence-electron chi connectivity index (χ1n) is 12.6. The van der Waals surface area contributed by atoms with Crippen LogP contribution in [0.1, 0.15) is 32.1 Å². The van der Waals surface area contributed by atoms with Gasteiger partial charge in [0.15, 0.2) is 5.76 Å². The standard InChI is InChI=1S/C27H30N5O5P/c1-18-27(2,3)21-16-25-22(17-23(21)30(18)4)28-26(24-9-6-12-36-24)37-38(25,31-10-13-35-14-11-31)29-19-7-5-8-20(15-19)32(33)34/h5-9,12,15-18H,10-11,13-14H2,1-4H3/t18-,38-/m0/s1. The Bertz CT molecular complexity index is 1490. The summed E-state index contributed by atoms with van der Waals surface area (Å²) in [6, 6.07) is 14.6. The highest BCUT2D eigenvalue weighted by molar-refractivity contribution is 7.68. The van der Waals surface area contributed by atoms with E-state index in [1.807, 2.05) is 6.07 Å². The van der Waals surface area contributed by atoms with E-state index in [9.17, 15) is 10.1 Å². The minimum atomic E-state index is -3.01. The molecule has 0 radical (unpaired) electrons. The van der Waals surface area contributed by atoms with Crippen LogP contribution in [0.4, 0.5) is 22.7 Å². The lowest BCUT2D eigenvalue weighted by Gasteiger charge is -2.40. The van der Waals surface area contributed by atoms with Crippen LogP contribution < -0.4 is 10.2 Å². The second-order valence-corrected chi connectivity index (χ2v) is 12.9. The van der Waals surface area contributed by atoms with E-state index < -0.39 is 12.4 Å². The van der Waals surface area contributed by atoms with Gasteiger partial charge in [-0.05, 0) is 42.8 Å². The number of anilines is 1. The van der Waals surface area contributed by atoms with Crippen molar-refractivity contribution >= 4 is 41.4 Å². The number of morpholine rings is 1. The number of nitro groups is 1. The van der Waals surface area contributed by atoms with E-state index in [0.717, 1.165) is 16.7 Å². The van der Waals surface area contributed by atoms with Crippen molar-refractivity contribution in [1.29, 1.82) is 0 Å². The van der Waals surface area contributed by atoms with Crippen LogP contribution in [0.3, 0.4) is 0 Å². The Labute approximate surface area is 221 Å². The zero-order chi connectivity index (χ0) is 26.7. The third-order valence-corrected chi connectivity index (χ3v) is 11.0. The Morgan fingerprint density at radius 1 is 1.16 bits per heavy atom. The molecule has 0 amide bonds. The van der Waals surface area contributed by atoms with E-state index in [1.54, 1.807) is 24.5 Å². The fourth-order valence-corrected chi connectivity index (χ4v) is 8.43. The van der Waals surface area contributed by atoms with Gasteiger partial charge < -0.3 is 18.6 Å². The van der Waals surface area contributed by atoms with Gasteiger partial charge in [-0.1, -0.05) is 19.9 Å². The first-order chi connectivity index (χ1) is 18.2. The van der Waals surface area contributed by atoms with Crippen molar-refractivity contribution in [2.24, 2.45) is 9.74 Å². The van der Waals surface area contributed by atoms with E-state index in [0.29, 0.717) is 43.6 Å². The highest BCUT2D eigenvalue weighted by Gasteiger charge is 2.46. The molecule has 0 N–H and O–H groups in total. The first-order valence-corrected chi connectivity index (χ1v) is 14.3. The summed E-state index contributed by atoms with van der Waals surface area (Å²) in [5.74, 6) is 0.856. The largest absolute Gasteiger partial charge is 0.459 e. The molecule has 1 aromatic heterocycles. The second-order valence-electron chi connectivity index (χ2n) is 10.3. The molecule has 198 valence electrons. The summed E-state index contributed by atoms with van der Waals surface area (Å²) in [6.07, 6.45) is 1.59. The number of rotatable bonds is 4. The molecule has 2 aromatic carbocycles. The van der Waals surface area contributed by atoms with Gasteiger partial charge >= 0.3 is 0 Å². The second kappa shape index (κ2) is 9.08. The summed E-state index contributed by atoms with van der Waals surface area (Å²) < 4.78 is 25.7. The number of non-ortho nitro benzene ring substituents is 1. The number of nitrogens with zero attached hydrogens (tertiary/aromatic N) is 5. The Hall–Kier alpha value is -3.46. The number of hydrogen-bond donors (Lipinski definition) is 0. The molecule has 0 spiro atoms. The highest BCUT2D eigenvalue weighted by Crippen LogP contribution is 2.61. The maximum atomic E-state index is 11.6. The van der Waals surface area contributed by atoms with Crippen molar-refractivity contribution < 1.29 is 18.6 Å². The third kappa shape index (κ3) is 3.86. The molecule has 4 heterocycles. The molecule has 10 nitrogen and oxygen atoms in total. The third-order valence-electron chi connectivity index (χ3n) is 7.94. The van der Waals surface area contributed by atoms with Gasteiger partial charge in [-0.3, -0.25) is 10.1 Å². The van der Waals surface area contributed by atoms with Crippen LogP contribution in [0.2, 0.25) is 0 Å². The molecular weight excluding hydrogens is 505 g/mol. The monoisotopic (exact) mass is 535 g/mol. The highest BCUT2D eigenvalue weighted by atomic mass is 31.2.